The molecule has 0 saturated heterocycles. The molecule has 0 N–H and O–H groups in total. The Labute approximate surface area is 178 Å². The van der Waals surface area contributed by atoms with Crippen molar-refractivity contribution in [2.45, 2.75) is 0 Å². The summed E-state index contributed by atoms with van der Waals surface area (Å²) in [6.45, 7) is 0. The Morgan fingerprint density at radius 1 is 0.786 bits per heavy atom. The summed E-state index contributed by atoms with van der Waals surface area (Å²) in [5.41, 5.74) is 3.69. The summed E-state index contributed by atoms with van der Waals surface area (Å²) in [6, 6.07) is 22.2. The number of anilines is 1. The molecule has 0 bridgehead atoms. The van der Waals surface area contributed by atoms with E-state index in [1.54, 1.807) is 35.2 Å². The largest absolute Gasteiger partial charge is 0.275 e. The Morgan fingerprint density at radius 3 is 2.14 bits per heavy atom. The quantitative estimate of drug-likeness (QED) is 0.408. The number of benzene rings is 3. The van der Waals surface area contributed by atoms with Crippen LogP contribution < -0.4 is 4.90 Å². The van der Waals surface area contributed by atoms with E-state index in [-0.39, 0.29) is 5.91 Å². The number of carbonyl (C=O) groups is 1. The smallest absolute Gasteiger partial charge is 0.262 e. The minimum Gasteiger partial charge on any atom is -0.275 e. The molecule has 0 fully saturated rings. The second-order valence-corrected chi connectivity index (χ2v) is 7.56. The van der Waals surface area contributed by atoms with Crippen LogP contribution in [0.3, 0.4) is 0 Å². The van der Waals surface area contributed by atoms with Gasteiger partial charge in [-0.05, 0) is 53.6 Å². The normalized spacial score (nSPS) is 15.2. The molecule has 2 nitrogen and oxygen atoms in total. The van der Waals surface area contributed by atoms with Gasteiger partial charge < -0.3 is 0 Å². The van der Waals surface area contributed by atoms with Crippen LogP contribution in [0.15, 0.2) is 84.4 Å². The fourth-order valence-corrected chi connectivity index (χ4v) is 3.70. The third-order valence-electron chi connectivity index (χ3n) is 4.40. The number of amides is 1. The average molecular weight is 427 g/mol. The zero-order valence-electron chi connectivity index (χ0n) is 14.6. The fraction of sp³-hybridized carbons (Fsp3) is 0. The molecule has 138 valence electrons. The molecule has 5 heteroatoms. The lowest BCUT2D eigenvalue weighted by Gasteiger charge is -2.22. The van der Waals surface area contributed by atoms with E-state index in [4.69, 9.17) is 34.8 Å². The Bertz CT molecular complexity index is 1100. The Morgan fingerprint density at radius 2 is 1.46 bits per heavy atom. The molecule has 1 aliphatic heterocycles. The van der Waals surface area contributed by atoms with Crippen molar-refractivity contribution in [1.29, 1.82) is 0 Å². The zero-order valence-corrected chi connectivity index (χ0v) is 16.8. The highest BCUT2D eigenvalue weighted by Gasteiger charge is 2.31. The molecular weight excluding hydrogens is 413 g/mol. The van der Waals surface area contributed by atoms with Gasteiger partial charge in [-0.1, -0.05) is 77.3 Å². The molecule has 3 aromatic rings. The minimum atomic E-state index is -0.155. The average Bonchev–Trinajstić information content (AvgIpc) is 3.00. The molecular formula is C23H14Cl3NO. The van der Waals surface area contributed by atoms with Crippen LogP contribution in [0, 0.1) is 0 Å². The molecule has 0 aliphatic carbocycles. The molecule has 1 heterocycles. The molecule has 3 aromatic carbocycles. The van der Waals surface area contributed by atoms with Gasteiger partial charge in [-0.25, -0.2) is 0 Å². The molecule has 0 radical (unpaired) electrons. The van der Waals surface area contributed by atoms with Gasteiger partial charge in [0.2, 0.25) is 0 Å². The van der Waals surface area contributed by atoms with E-state index in [9.17, 15) is 4.79 Å². The standard InChI is InChI=1S/C23H14Cl3NO/c24-18-8-6-16(7-9-18)22-13-17(12-15-4-2-1-3-5-15)23(28)27(22)21-11-10-19(25)14-20(21)26/h1-14H/b17-12+. The van der Waals surface area contributed by atoms with Crippen molar-refractivity contribution in [1.82, 2.24) is 0 Å². The van der Waals surface area contributed by atoms with Crippen molar-refractivity contribution in [3.8, 4) is 0 Å². The van der Waals surface area contributed by atoms with Gasteiger partial charge in [0.15, 0.2) is 0 Å². The lowest BCUT2D eigenvalue weighted by Crippen LogP contribution is -2.25. The number of rotatable bonds is 3. The van der Waals surface area contributed by atoms with Crippen LogP contribution in [0.1, 0.15) is 11.1 Å². The maximum atomic E-state index is 13.3. The highest BCUT2D eigenvalue weighted by molar-refractivity contribution is 6.38. The molecule has 28 heavy (non-hydrogen) atoms. The number of hydrogen-bond donors (Lipinski definition) is 0. The second kappa shape index (κ2) is 7.84. The van der Waals surface area contributed by atoms with Crippen molar-refractivity contribution >= 4 is 58.2 Å². The first-order valence-electron chi connectivity index (χ1n) is 8.57. The van der Waals surface area contributed by atoms with Crippen molar-refractivity contribution in [2.24, 2.45) is 0 Å². The van der Waals surface area contributed by atoms with Gasteiger partial charge in [-0.3, -0.25) is 9.69 Å². The topological polar surface area (TPSA) is 20.3 Å². The molecule has 0 aromatic heterocycles. The van der Waals surface area contributed by atoms with E-state index < -0.39 is 0 Å². The number of carbonyl (C=O) groups excluding carboxylic acids is 1. The van der Waals surface area contributed by atoms with Crippen LogP contribution in [0.25, 0.3) is 11.8 Å². The molecule has 0 unspecified atom stereocenters. The monoisotopic (exact) mass is 425 g/mol. The number of hydrogen-bond acceptors (Lipinski definition) is 1. The highest BCUT2D eigenvalue weighted by atomic mass is 35.5. The van der Waals surface area contributed by atoms with Gasteiger partial charge in [-0.2, -0.15) is 0 Å². The summed E-state index contributed by atoms with van der Waals surface area (Å²) in [5.74, 6) is -0.155. The predicted octanol–water partition coefficient (Wildman–Crippen LogP) is 7.12. The fourth-order valence-electron chi connectivity index (χ4n) is 3.08. The summed E-state index contributed by atoms with van der Waals surface area (Å²) >= 11 is 18.5. The third kappa shape index (κ3) is 3.72. The lowest BCUT2D eigenvalue weighted by molar-refractivity contribution is -0.113. The second-order valence-electron chi connectivity index (χ2n) is 6.28. The Kier molecular flexibility index (Phi) is 5.27. The predicted molar refractivity (Wildman–Crippen MR) is 118 cm³/mol. The van der Waals surface area contributed by atoms with Gasteiger partial charge in [0.05, 0.1) is 16.4 Å². The van der Waals surface area contributed by atoms with Crippen LogP contribution >= 0.6 is 34.8 Å². The summed E-state index contributed by atoms with van der Waals surface area (Å²) in [7, 11) is 0. The van der Waals surface area contributed by atoms with Gasteiger partial charge in [0.1, 0.15) is 0 Å². The summed E-state index contributed by atoms with van der Waals surface area (Å²) < 4.78 is 0. The lowest BCUT2D eigenvalue weighted by atomic mass is 10.1. The van der Waals surface area contributed by atoms with Crippen LogP contribution in [0.5, 0.6) is 0 Å². The van der Waals surface area contributed by atoms with Crippen LogP contribution in [0.2, 0.25) is 15.1 Å². The minimum absolute atomic E-state index is 0.155. The van der Waals surface area contributed by atoms with Crippen molar-refractivity contribution < 1.29 is 4.79 Å². The van der Waals surface area contributed by atoms with Gasteiger partial charge in [0, 0.05) is 15.6 Å². The number of nitrogens with zero attached hydrogens (tertiary/aromatic N) is 1. The molecule has 1 amide bonds. The Hall–Kier alpha value is -2.52. The number of halogens is 3. The SMILES string of the molecule is O=C1/C(=C/c2ccccc2)C=C(c2ccc(Cl)cc2)N1c1ccc(Cl)cc1Cl. The van der Waals surface area contributed by atoms with E-state index in [0.717, 1.165) is 16.8 Å². The maximum absolute atomic E-state index is 13.3. The van der Waals surface area contributed by atoms with E-state index >= 15 is 0 Å². The van der Waals surface area contributed by atoms with E-state index in [0.29, 0.717) is 26.3 Å². The molecule has 1 aliphatic rings. The summed E-state index contributed by atoms with van der Waals surface area (Å²) in [6.07, 6.45) is 3.73. The van der Waals surface area contributed by atoms with Crippen LogP contribution in [0.4, 0.5) is 5.69 Å². The maximum Gasteiger partial charge on any atom is 0.262 e. The van der Waals surface area contributed by atoms with Crippen LogP contribution in [-0.2, 0) is 4.79 Å². The molecule has 0 atom stereocenters. The van der Waals surface area contributed by atoms with Crippen molar-refractivity contribution in [3.05, 3.63) is 111 Å². The first kappa shape index (κ1) is 18.8. The highest BCUT2D eigenvalue weighted by Crippen LogP contribution is 2.39. The van der Waals surface area contributed by atoms with Gasteiger partial charge >= 0.3 is 0 Å². The van der Waals surface area contributed by atoms with Crippen molar-refractivity contribution in [2.75, 3.05) is 4.90 Å². The van der Waals surface area contributed by atoms with Crippen LogP contribution in [-0.4, -0.2) is 5.91 Å². The van der Waals surface area contributed by atoms with Crippen molar-refractivity contribution in [3.63, 3.8) is 0 Å². The molecule has 0 spiro atoms. The Balaban J connectivity index is 1.85. The first-order valence-corrected chi connectivity index (χ1v) is 9.70. The molecule has 4 rings (SSSR count). The van der Waals surface area contributed by atoms with Gasteiger partial charge in [-0.15, -0.1) is 0 Å². The third-order valence-corrected chi connectivity index (χ3v) is 5.19. The van der Waals surface area contributed by atoms with E-state index in [2.05, 4.69) is 0 Å². The summed E-state index contributed by atoms with van der Waals surface area (Å²) in [4.78, 5) is 14.9. The molecule has 0 saturated carbocycles. The summed E-state index contributed by atoms with van der Waals surface area (Å²) in [5, 5.41) is 1.55. The first-order chi connectivity index (χ1) is 13.5. The van der Waals surface area contributed by atoms with Gasteiger partial charge in [0.25, 0.3) is 5.91 Å². The van der Waals surface area contributed by atoms with E-state index in [1.165, 1.54) is 0 Å². The van der Waals surface area contributed by atoms with E-state index in [1.807, 2.05) is 54.6 Å². The zero-order chi connectivity index (χ0) is 19.7.